The van der Waals surface area contributed by atoms with E-state index in [0.29, 0.717) is 12.0 Å². The summed E-state index contributed by atoms with van der Waals surface area (Å²) in [4.78, 5) is 11.8. The third-order valence-corrected chi connectivity index (χ3v) is 2.68. The number of ether oxygens (including phenoxy) is 1. The zero-order chi connectivity index (χ0) is 13.4. The number of hydrogen-bond acceptors (Lipinski definition) is 3. The number of rotatable bonds is 6. The molecule has 0 heterocycles. The van der Waals surface area contributed by atoms with E-state index >= 15 is 0 Å². The van der Waals surface area contributed by atoms with Crippen molar-refractivity contribution in [3.63, 3.8) is 0 Å². The second-order valence-electron chi connectivity index (χ2n) is 4.11. The Morgan fingerprint density at radius 2 is 2.06 bits per heavy atom. The maximum Gasteiger partial charge on any atom is 0.336 e. The van der Waals surface area contributed by atoms with Gasteiger partial charge in [-0.25, -0.2) is 4.79 Å². The van der Waals surface area contributed by atoms with Crippen LogP contribution >= 0.6 is 0 Å². The van der Waals surface area contributed by atoms with Crippen molar-refractivity contribution in [1.82, 2.24) is 0 Å². The zero-order valence-electron chi connectivity index (χ0n) is 10.9. The van der Waals surface area contributed by atoms with E-state index in [1.807, 2.05) is 37.3 Å². The average molecular weight is 248 g/mol. The topological polar surface area (TPSA) is 46.5 Å². The van der Waals surface area contributed by atoms with Gasteiger partial charge < -0.3 is 9.84 Å². The van der Waals surface area contributed by atoms with E-state index in [9.17, 15) is 9.90 Å². The van der Waals surface area contributed by atoms with Crippen molar-refractivity contribution in [1.29, 1.82) is 0 Å². The van der Waals surface area contributed by atoms with Crippen LogP contribution < -0.4 is 0 Å². The van der Waals surface area contributed by atoms with Crippen LogP contribution in [0.2, 0.25) is 0 Å². The molecule has 1 rings (SSSR count). The number of carbonyl (C=O) groups is 1. The molecule has 3 heteroatoms. The first kappa shape index (κ1) is 14.5. The van der Waals surface area contributed by atoms with Gasteiger partial charge in [0.2, 0.25) is 0 Å². The largest absolute Gasteiger partial charge is 0.457 e. The van der Waals surface area contributed by atoms with Crippen molar-refractivity contribution >= 4 is 5.97 Å². The second-order valence-corrected chi connectivity index (χ2v) is 4.11. The molecular weight excluding hydrogens is 228 g/mol. The predicted octanol–water partition coefficient (Wildman–Crippen LogP) is 2.84. The van der Waals surface area contributed by atoms with Crippen molar-refractivity contribution in [2.45, 2.75) is 39.4 Å². The fourth-order valence-corrected chi connectivity index (χ4v) is 1.68. The van der Waals surface area contributed by atoms with Crippen molar-refractivity contribution in [3.8, 4) is 0 Å². The molecule has 0 aliphatic heterocycles. The first-order valence-corrected chi connectivity index (χ1v) is 6.24. The highest BCUT2D eigenvalue weighted by atomic mass is 16.5. The van der Waals surface area contributed by atoms with Crippen molar-refractivity contribution in [3.05, 3.63) is 47.5 Å². The number of allylic oxidation sites excluding steroid dienone is 1. The van der Waals surface area contributed by atoms with E-state index in [-0.39, 0.29) is 6.61 Å². The Morgan fingerprint density at radius 3 is 2.61 bits per heavy atom. The average Bonchev–Trinajstić information content (AvgIpc) is 2.39. The summed E-state index contributed by atoms with van der Waals surface area (Å²) in [5.74, 6) is -0.442. The van der Waals surface area contributed by atoms with Gasteiger partial charge in [0.05, 0.1) is 11.7 Å². The summed E-state index contributed by atoms with van der Waals surface area (Å²) in [5.41, 5.74) is 1.28. The molecule has 0 spiro atoms. The minimum atomic E-state index is -0.733. The molecule has 0 unspecified atom stereocenters. The molecule has 1 aromatic rings. The Labute approximate surface area is 108 Å². The van der Waals surface area contributed by atoms with Crippen LogP contribution in [-0.4, -0.2) is 17.2 Å². The maximum absolute atomic E-state index is 11.8. The van der Waals surface area contributed by atoms with Gasteiger partial charge in [-0.3, -0.25) is 0 Å². The van der Waals surface area contributed by atoms with Crippen molar-refractivity contribution < 1.29 is 14.6 Å². The van der Waals surface area contributed by atoms with Crippen LogP contribution in [0.4, 0.5) is 0 Å². The van der Waals surface area contributed by atoms with Crippen LogP contribution in [0.3, 0.4) is 0 Å². The highest BCUT2D eigenvalue weighted by Crippen LogP contribution is 2.12. The first-order chi connectivity index (χ1) is 8.69. The minimum absolute atomic E-state index is 0.232. The van der Waals surface area contributed by atoms with E-state index in [0.717, 1.165) is 12.0 Å². The molecule has 0 aromatic heterocycles. The summed E-state index contributed by atoms with van der Waals surface area (Å²) in [6.45, 7) is 3.93. The van der Waals surface area contributed by atoms with Crippen LogP contribution in [0.25, 0.3) is 0 Å². The fourth-order valence-electron chi connectivity index (χ4n) is 1.68. The normalized spacial score (nSPS) is 13.2. The standard InChI is InChI=1S/C15H20O3/c1-3-8-14(16)13(4-2)15(17)18-11-12-9-6-5-7-10-12/h4-7,9-10,14,16H,3,8,11H2,1-2H3/b13-4+/t14-/m1/s1. The molecule has 0 saturated carbocycles. The summed E-state index contributed by atoms with van der Waals surface area (Å²) < 4.78 is 5.18. The highest BCUT2D eigenvalue weighted by molar-refractivity contribution is 5.89. The van der Waals surface area contributed by atoms with E-state index in [4.69, 9.17) is 4.74 Å². The molecule has 98 valence electrons. The van der Waals surface area contributed by atoms with E-state index in [1.165, 1.54) is 0 Å². The van der Waals surface area contributed by atoms with E-state index in [2.05, 4.69) is 0 Å². The molecule has 0 aliphatic carbocycles. The van der Waals surface area contributed by atoms with Crippen LogP contribution in [0.15, 0.2) is 42.0 Å². The van der Waals surface area contributed by atoms with Crippen LogP contribution in [0.1, 0.15) is 32.3 Å². The molecule has 3 nitrogen and oxygen atoms in total. The third-order valence-electron chi connectivity index (χ3n) is 2.68. The molecule has 1 aromatic carbocycles. The van der Waals surface area contributed by atoms with E-state index in [1.54, 1.807) is 13.0 Å². The fraction of sp³-hybridized carbons (Fsp3) is 0.400. The number of aliphatic hydroxyl groups is 1. The lowest BCUT2D eigenvalue weighted by Crippen LogP contribution is -2.20. The SMILES string of the molecule is C/C=C(/C(=O)OCc1ccccc1)[C@H](O)CCC. The predicted molar refractivity (Wildman–Crippen MR) is 70.9 cm³/mol. The quantitative estimate of drug-likeness (QED) is 0.622. The number of aliphatic hydroxyl groups excluding tert-OH is 1. The number of esters is 1. The lowest BCUT2D eigenvalue weighted by atomic mass is 10.1. The lowest BCUT2D eigenvalue weighted by Gasteiger charge is -2.13. The van der Waals surface area contributed by atoms with Crippen LogP contribution in [0.5, 0.6) is 0 Å². The summed E-state index contributed by atoms with van der Waals surface area (Å²) >= 11 is 0. The number of benzene rings is 1. The zero-order valence-corrected chi connectivity index (χ0v) is 10.9. The molecule has 18 heavy (non-hydrogen) atoms. The molecule has 0 bridgehead atoms. The Kier molecular flexibility index (Phi) is 6.15. The van der Waals surface area contributed by atoms with Gasteiger partial charge in [-0.05, 0) is 18.9 Å². The Hall–Kier alpha value is -1.61. The van der Waals surface area contributed by atoms with Gasteiger partial charge in [-0.15, -0.1) is 0 Å². The monoisotopic (exact) mass is 248 g/mol. The number of carbonyl (C=O) groups excluding carboxylic acids is 1. The van der Waals surface area contributed by atoms with Crippen molar-refractivity contribution in [2.75, 3.05) is 0 Å². The molecule has 1 N–H and O–H groups in total. The smallest absolute Gasteiger partial charge is 0.336 e. The Morgan fingerprint density at radius 1 is 1.39 bits per heavy atom. The molecule has 0 aliphatic rings. The Balaban J connectivity index is 2.54. The Bertz CT molecular complexity index is 395. The van der Waals surface area contributed by atoms with Gasteiger partial charge in [-0.2, -0.15) is 0 Å². The summed E-state index contributed by atoms with van der Waals surface area (Å²) in [5, 5.41) is 9.81. The second kappa shape index (κ2) is 7.67. The molecule has 0 saturated heterocycles. The first-order valence-electron chi connectivity index (χ1n) is 6.24. The van der Waals surface area contributed by atoms with Gasteiger partial charge >= 0.3 is 5.97 Å². The van der Waals surface area contributed by atoms with Gasteiger partial charge in [0.1, 0.15) is 6.61 Å². The summed E-state index contributed by atoms with van der Waals surface area (Å²) in [7, 11) is 0. The van der Waals surface area contributed by atoms with Gasteiger partial charge in [0, 0.05) is 0 Å². The summed E-state index contributed by atoms with van der Waals surface area (Å²) in [6.07, 6.45) is 2.28. The van der Waals surface area contributed by atoms with Gasteiger partial charge in [-0.1, -0.05) is 49.8 Å². The van der Waals surface area contributed by atoms with Crippen LogP contribution in [0, 0.1) is 0 Å². The summed E-state index contributed by atoms with van der Waals surface area (Å²) in [6, 6.07) is 9.49. The molecule has 0 radical (unpaired) electrons. The lowest BCUT2D eigenvalue weighted by molar-refractivity contribution is -0.141. The van der Waals surface area contributed by atoms with E-state index < -0.39 is 12.1 Å². The van der Waals surface area contributed by atoms with Gasteiger partial charge in [0.15, 0.2) is 0 Å². The maximum atomic E-state index is 11.8. The molecular formula is C15H20O3. The molecule has 0 fully saturated rings. The van der Waals surface area contributed by atoms with Crippen molar-refractivity contribution in [2.24, 2.45) is 0 Å². The van der Waals surface area contributed by atoms with Crippen LogP contribution in [-0.2, 0) is 16.1 Å². The molecule has 1 atom stereocenters. The minimum Gasteiger partial charge on any atom is -0.457 e. The highest BCUT2D eigenvalue weighted by Gasteiger charge is 2.18. The third kappa shape index (κ3) is 4.34. The molecule has 0 amide bonds. The van der Waals surface area contributed by atoms with Gasteiger partial charge in [0.25, 0.3) is 0 Å². The number of hydrogen-bond donors (Lipinski definition) is 1.